The smallest absolute Gasteiger partial charge is 0.391 e. The number of sulfonamides is 1. The number of benzene rings is 1. The number of rotatable bonds is 5. The molecule has 0 aliphatic rings. The first kappa shape index (κ1) is 17.9. The molecule has 0 radical (unpaired) electrons. The molecule has 0 heterocycles. The van der Waals surface area contributed by atoms with Crippen LogP contribution >= 0.6 is 0 Å². The minimum atomic E-state index is -4.86. The molecule has 120 valence electrons. The number of aliphatic carboxylic acids is 1. The third-order valence-corrected chi connectivity index (χ3v) is 4.18. The summed E-state index contributed by atoms with van der Waals surface area (Å²) in [6.07, 6.45) is -6.73. The molecule has 1 rings (SSSR count). The second kappa shape index (κ2) is 6.33. The van der Waals surface area contributed by atoms with E-state index < -0.39 is 39.5 Å². The lowest BCUT2D eigenvalue weighted by atomic mass is 10.1. The van der Waals surface area contributed by atoms with Crippen molar-refractivity contribution < 1.29 is 31.5 Å². The van der Waals surface area contributed by atoms with Crippen molar-refractivity contribution in [3.05, 3.63) is 29.3 Å². The van der Waals surface area contributed by atoms with Crippen LogP contribution in [0.25, 0.3) is 0 Å². The minimum Gasteiger partial charge on any atom is -0.480 e. The molecule has 1 aromatic carbocycles. The summed E-state index contributed by atoms with van der Waals surface area (Å²) in [7, 11) is -4.60. The molecule has 22 heavy (non-hydrogen) atoms. The van der Waals surface area contributed by atoms with Crippen LogP contribution in [-0.2, 0) is 14.8 Å². The van der Waals surface area contributed by atoms with E-state index in [1.165, 1.54) is 23.8 Å². The van der Waals surface area contributed by atoms with E-state index in [4.69, 9.17) is 10.4 Å². The molecule has 1 atom stereocenters. The Morgan fingerprint density at radius 3 is 2.50 bits per heavy atom. The lowest BCUT2D eigenvalue weighted by Crippen LogP contribution is -2.43. The molecule has 6 nitrogen and oxygen atoms in total. The maximum atomic E-state index is 12.3. The molecular formula is C12H11F3N2O4S. The van der Waals surface area contributed by atoms with Crippen LogP contribution < -0.4 is 4.72 Å². The summed E-state index contributed by atoms with van der Waals surface area (Å²) in [6.45, 7) is 1.45. The summed E-state index contributed by atoms with van der Waals surface area (Å²) in [4.78, 5) is 10.2. The van der Waals surface area contributed by atoms with Gasteiger partial charge in [-0.25, -0.2) is 8.42 Å². The van der Waals surface area contributed by atoms with Gasteiger partial charge in [0.1, 0.15) is 17.0 Å². The van der Waals surface area contributed by atoms with Gasteiger partial charge in [-0.05, 0) is 18.6 Å². The van der Waals surface area contributed by atoms with Crippen LogP contribution in [0.3, 0.4) is 0 Å². The molecule has 0 aliphatic carbocycles. The lowest BCUT2D eigenvalue weighted by molar-refractivity contribution is -0.157. The van der Waals surface area contributed by atoms with Crippen LogP contribution in [-0.4, -0.2) is 31.7 Å². The number of nitrogens with zero attached hydrogens (tertiary/aromatic N) is 1. The zero-order chi connectivity index (χ0) is 17.1. The number of carboxylic acid groups (broad SMARTS) is 1. The number of nitrogens with one attached hydrogen (secondary N) is 1. The highest BCUT2D eigenvalue weighted by atomic mass is 32.2. The van der Waals surface area contributed by atoms with E-state index >= 15 is 0 Å². The van der Waals surface area contributed by atoms with Crippen molar-refractivity contribution in [2.24, 2.45) is 0 Å². The first-order valence-corrected chi connectivity index (χ1v) is 7.28. The van der Waals surface area contributed by atoms with Crippen molar-refractivity contribution in [1.29, 1.82) is 5.26 Å². The quantitative estimate of drug-likeness (QED) is 0.848. The van der Waals surface area contributed by atoms with Gasteiger partial charge in [-0.3, -0.25) is 4.79 Å². The summed E-state index contributed by atoms with van der Waals surface area (Å²) in [5, 5.41) is 17.7. The Kier molecular flexibility index (Phi) is 5.16. The molecule has 1 unspecified atom stereocenters. The Balaban J connectivity index is 3.23. The van der Waals surface area contributed by atoms with Crippen molar-refractivity contribution >= 4 is 16.0 Å². The summed E-state index contributed by atoms with van der Waals surface area (Å²) >= 11 is 0. The van der Waals surface area contributed by atoms with Crippen molar-refractivity contribution in [3.8, 4) is 6.07 Å². The van der Waals surface area contributed by atoms with E-state index in [0.29, 0.717) is 5.56 Å². The molecule has 0 spiro atoms. The predicted molar refractivity (Wildman–Crippen MR) is 68.3 cm³/mol. The first-order chi connectivity index (χ1) is 9.98. The molecule has 0 aliphatic heterocycles. The topological polar surface area (TPSA) is 107 Å². The van der Waals surface area contributed by atoms with Crippen LogP contribution in [0.4, 0.5) is 13.2 Å². The van der Waals surface area contributed by atoms with E-state index in [1.54, 1.807) is 6.07 Å². The summed E-state index contributed by atoms with van der Waals surface area (Å²) in [6, 6.07) is 3.01. The highest BCUT2D eigenvalue weighted by Crippen LogP contribution is 2.24. The van der Waals surface area contributed by atoms with Gasteiger partial charge in [-0.1, -0.05) is 12.1 Å². The van der Waals surface area contributed by atoms with E-state index in [2.05, 4.69) is 0 Å². The maximum absolute atomic E-state index is 12.3. The lowest BCUT2D eigenvalue weighted by Gasteiger charge is -2.17. The Morgan fingerprint density at radius 1 is 1.45 bits per heavy atom. The molecule has 0 fully saturated rings. The van der Waals surface area contributed by atoms with Gasteiger partial charge in [-0.2, -0.15) is 23.2 Å². The number of carbonyl (C=O) groups is 1. The average Bonchev–Trinajstić information content (AvgIpc) is 2.35. The van der Waals surface area contributed by atoms with Gasteiger partial charge in [-0.15, -0.1) is 0 Å². The Hall–Kier alpha value is -2.12. The van der Waals surface area contributed by atoms with E-state index in [9.17, 15) is 26.4 Å². The van der Waals surface area contributed by atoms with Crippen LogP contribution in [0.1, 0.15) is 17.5 Å². The van der Waals surface area contributed by atoms with Gasteiger partial charge in [0.05, 0.1) is 12.0 Å². The third-order valence-electron chi connectivity index (χ3n) is 2.67. The second-order valence-electron chi connectivity index (χ2n) is 4.39. The average molecular weight is 336 g/mol. The molecule has 0 bridgehead atoms. The van der Waals surface area contributed by atoms with Crippen LogP contribution in [0.15, 0.2) is 23.1 Å². The van der Waals surface area contributed by atoms with Crippen molar-refractivity contribution in [1.82, 2.24) is 4.72 Å². The van der Waals surface area contributed by atoms with Gasteiger partial charge >= 0.3 is 12.1 Å². The molecular weight excluding hydrogens is 325 g/mol. The number of hydrogen-bond acceptors (Lipinski definition) is 4. The fraction of sp³-hybridized carbons (Fsp3) is 0.333. The molecule has 1 aromatic rings. The zero-order valence-corrected chi connectivity index (χ0v) is 12.0. The SMILES string of the molecule is Cc1cccc(S(=O)(=O)NC(CC(F)(F)F)C(=O)O)c1C#N. The largest absolute Gasteiger partial charge is 0.480 e. The minimum absolute atomic E-state index is 0.258. The first-order valence-electron chi connectivity index (χ1n) is 5.79. The van der Waals surface area contributed by atoms with Gasteiger partial charge in [0, 0.05) is 0 Å². The number of carboxylic acids is 1. The number of aryl methyl sites for hydroxylation is 1. The predicted octanol–water partition coefficient (Wildman–Crippen LogP) is 1.55. The molecule has 2 N–H and O–H groups in total. The van der Waals surface area contributed by atoms with Crippen molar-refractivity contribution in [3.63, 3.8) is 0 Å². The molecule has 0 saturated carbocycles. The Labute approximate surface area is 124 Å². The monoisotopic (exact) mass is 336 g/mol. The summed E-state index contributed by atoms with van der Waals surface area (Å²) in [5.74, 6) is -1.97. The van der Waals surface area contributed by atoms with E-state index in [0.717, 1.165) is 6.07 Å². The van der Waals surface area contributed by atoms with Crippen molar-refractivity contribution in [2.45, 2.75) is 30.5 Å². The van der Waals surface area contributed by atoms with Crippen LogP contribution in [0.2, 0.25) is 0 Å². The Morgan fingerprint density at radius 2 is 2.05 bits per heavy atom. The number of halogens is 3. The fourth-order valence-corrected chi connectivity index (χ4v) is 3.09. The van der Waals surface area contributed by atoms with Crippen LogP contribution in [0.5, 0.6) is 0 Å². The van der Waals surface area contributed by atoms with Gasteiger partial charge in [0.25, 0.3) is 0 Å². The molecule has 0 saturated heterocycles. The van der Waals surface area contributed by atoms with Gasteiger partial charge in [0.15, 0.2) is 0 Å². The second-order valence-corrected chi connectivity index (χ2v) is 6.07. The fourth-order valence-electron chi connectivity index (χ4n) is 1.67. The number of nitriles is 1. The highest BCUT2D eigenvalue weighted by molar-refractivity contribution is 7.89. The molecule has 0 amide bonds. The molecule has 0 aromatic heterocycles. The van der Waals surface area contributed by atoms with Crippen molar-refractivity contribution in [2.75, 3.05) is 0 Å². The zero-order valence-electron chi connectivity index (χ0n) is 11.2. The van der Waals surface area contributed by atoms with Crippen LogP contribution in [0, 0.1) is 18.3 Å². The highest BCUT2D eigenvalue weighted by Gasteiger charge is 2.38. The molecule has 10 heteroatoms. The number of alkyl halides is 3. The normalized spacial score (nSPS) is 13.4. The maximum Gasteiger partial charge on any atom is 0.391 e. The number of hydrogen-bond donors (Lipinski definition) is 2. The van der Waals surface area contributed by atoms with E-state index in [1.807, 2.05) is 0 Å². The standard InChI is InChI=1S/C12H11F3N2O4S/c1-7-3-2-4-10(8(7)6-16)22(20,21)17-9(11(18)19)5-12(13,14)15/h2-4,9,17H,5H2,1H3,(H,18,19). The Bertz CT molecular complexity index is 723. The summed E-state index contributed by atoms with van der Waals surface area (Å²) in [5.41, 5.74) is 0.0409. The summed E-state index contributed by atoms with van der Waals surface area (Å²) < 4.78 is 62.5. The third kappa shape index (κ3) is 4.44. The van der Waals surface area contributed by atoms with E-state index in [-0.39, 0.29) is 5.56 Å². The van der Waals surface area contributed by atoms with Gasteiger partial charge < -0.3 is 5.11 Å². The van der Waals surface area contributed by atoms with Gasteiger partial charge in [0.2, 0.25) is 10.0 Å².